The van der Waals surface area contributed by atoms with E-state index in [1.54, 1.807) is 7.11 Å². The summed E-state index contributed by atoms with van der Waals surface area (Å²) >= 11 is 0. The van der Waals surface area contributed by atoms with Crippen LogP contribution in [0.4, 0.5) is 0 Å². The normalized spacial score (nSPS) is 27.7. The Morgan fingerprint density at radius 2 is 1.90 bits per heavy atom. The van der Waals surface area contributed by atoms with Crippen molar-refractivity contribution in [3.05, 3.63) is 29.3 Å². The fourth-order valence-corrected chi connectivity index (χ4v) is 3.68. The van der Waals surface area contributed by atoms with Crippen molar-refractivity contribution >= 4 is 0 Å². The molecule has 0 bridgehead atoms. The molecule has 1 aromatic rings. The van der Waals surface area contributed by atoms with Gasteiger partial charge in [0, 0.05) is 11.1 Å². The molecule has 1 unspecified atom stereocenters. The third-order valence-electron chi connectivity index (χ3n) is 5.33. The third-order valence-corrected chi connectivity index (χ3v) is 5.33. The first-order valence-electron chi connectivity index (χ1n) is 7.98. The molecule has 1 saturated carbocycles. The molecule has 1 aliphatic carbocycles. The van der Waals surface area contributed by atoms with Crippen LogP contribution in [-0.2, 0) is 0 Å². The smallest absolute Gasteiger partial charge is 0.123 e. The second kappa shape index (κ2) is 6.37. The van der Waals surface area contributed by atoms with Crippen LogP contribution >= 0.6 is 0 Å². The van der Waals surface area contributed by atoms with E-state index in [0.717, 1.165) is 30.1 Å². The zero-order valence-electron chi connectivity index (χ0n) is 14.1. The molecule has 21 heavy (non-hydrogen) atoms. The third kappa shape index (κ3) is 3.09. The second-order valence-corrected chi connectivity index (χ2v) is 6.90. The van der Waals surface area contributed by atoms with Crippen molar-refractivity contribution in [1.29, 1.82) is 0 Å². The first kappa shape index (κ1) is 16.3. The molecule has 1 aliphatic rings. The highest BCUT2D eigenvalue weighted by molar-refractivity contribution is 5.40. The molecular formula is C18H30N2O. The number of nitrogens with two attached hydrogens (primary N) is 1. The van der Waals surface area contributed by atoms with Crippen LogP contribution in [0.15, 0.2) is 18.2 Å². The van der Waals surface area contributed by atoms with Crippen LogP contribution in [0.2, 0.25) is 0 Å². The number of ether oxygens (including phenoxy) is 1. The van der Waals surface area contributed by atoms with Gasteiger partial charge in [0.25, 0.3) is 0 Å². The molecule has 0 amide bonds. The second-order valence-electron chi connectivity index (χ2n) is 6.90. The van der Waals surface area contributed by atoms with Crippen LogP contribution in [0.5, 0.6) is 5.75 Å². The van der Waals surface area contributed by atoms with Crippen molar-refractivity contribution in [3.63, 3.8) is 0 Å². The molecule has 0 radical (unpaired) electrons. The summed E-state index contributed by atoms with van der Waals surface area (Å²) in [5, 5.41) is 0. The Kier molecular flexibility index (Phi) is 4.95. The fourth-order valence-electron chi connectivity index (χ4n) is 3.68. The van der Waals surface area contributed by atoms with Gasteiger partial charge in [0.05, 0.1) is 13.2 Å². The Balaban J connectivity index is 2.39. The number of likely N-dealkylation sites (N-methyl/N-ethyl adjacent to an activating group) is 1. The average molecular weight is 290 g/mol. The van der Waals surface area contributed by atoms with Gasteiger partial charge in [-0.2, -0.15) is 0 Å². The predicted octanol–water partition coefficient (Wildman–Crippen LogP) is 3.51. The first-order chi connectivity index (χ1) is 9.90. The van der Waals surface area contributed by atoms with Gasteiger partial charge < -0.3 is 15.4 Å². The maximum Gasteiger partial charge on any atom is 0.123 e. The molecule has 1 fully saturated rings. The molecule has 2 rings (SSSR count). The van der Waals surface area contributed by atoms with Gasteiger partial charge >= 0.3 is 0 Å². The number of rotatable bonds is 4. The van der Waals surface area contributed by atoms with E-state index in [1.807, 2.05) is 6.07 Å². The topological polar surface area (TPSA) is 38.5 Å². The zero-order valence-corrected chi connectivity index (χ0v) is 14.1. The van der Waals surface area contributed by atoms with Crippen molar-refractivity contribution in [3.8, 4) is 5.75 Å². The molecule has 0 heterocycles. The van der Waals surface area contributed by atoms with Gasteiger partial charge in [-0.15, -0.1) is 0 Å². The van der Waals surface area contributed by atoms with E-state index in [-0.39, 0.29) is 11.6 Å². The van der Waals surface area contributed by atoms with Gasteiger partial charge in [0.15, 0.2) is 0 Å². The van der Waals surface area contributed by atoms with Crippen molar-refractivity contribution in [1.82, 2.24) is 4.90 Å². The average Bonchev–Trinajstić information content (AvgIpc) is 2.47. The summed E-state index contributed by atoms with van der Waals surface area (Å²) in [7, 11) is 6.06. The lowest BCUT2D eigenvalue weighted by molar-refractivity contribution is 0.0556. The maximum absolute atomic E-state index is 6.77. The van der Waals surface area contributed by atoms with Crippen molar-refractivity contribution in [2.24, 2.45) is 11.7 Å². The lowest BCUT2D eigenvalue weighted by Gasteiger charge is -2.48. The minimum absolute atomic E-state index is 0.0187. The van der Waals surface area contributed by atoms with E-state index >= 15 is 0 Å². The highest BCUT2D eigenvalue weighted by Gasteiger charge is 2.42. The fraction of sp³-hybridized carbons (Fsp3) is 0.667. The monoisotopic (exact) mass is 290 g/mol. The number of methoxy groups -OCH3 is 1. The Labute approximate surface area is 129 Å². The van der Waals surface area contributed by atoms with Gasteiger partial charge in [0.2, 0.25) is 0 Å². The molecule has 3 heteroatoms. The minimum Gasteiger partial charge on any atom is -0.496 e. The van der Waals surface area contributed by atoms with E-state index < -0.39 is 0 Å². The van der Waals surface area contributed by atoms with Crippen molar-refractivity contribution < 1.29 is 4.74 Å². The quantitative estimate of drug-likeness (QED) is 0.922. The molecular weight excluding hydrogens is 260 g/mol. The van der Waals surface area contributed by atoms with Crippen molar-refractivity contribution in [2.75, 3.05) is 21.2 Å². The van der Waals surface area contributed by atoms with Gasteiger partial charge in [-0.3, -0.25) is 0 Å². The lowest BCUT2D eigenvalue weighted by Crippen LogP contribution is -2.54. The van der Waals surface area contributed by atoms with E-state index in [4.69, 9.17) is 10.5 Å². The summed E-state index contributed by atoms with van der Waals surface area (Å²) in [6.07, 6.45) is 4.80. The molecule has 0 spiro atoms. The highest BCUT2D eigenvalue weighted by atomic mass is 16.5. The van der Waals surface area contributed by atoms with Crippen LogP contribution in [0, 0.1) is 12.8 Å². The van der Waals surface area contributed by atoms with Crippen LogP contribution in [0.1, 0.15) is 49.8 Å². The summed E-state index contributed by atoms with van der Waals surface area (Å²) in [5.74, 6) is 1.72. The zero-order chi connectivity index (χ0) is 15.6. The maximum atomic E-state index is 6.77. The first-order valence-corrected chi connectivity index (χ1v) is 7.98. The highest BCUT2D eigenvalue weighted by Crippen LogP contribution is 2.44. The van der Waals surface area contributed by atoms with Gasteiger partial charge in [0.1, 0.15) is 5.75 Å². The van der Waals surface area contributed by atoms with Gasteiger partial charge in [-0.05, 0) is 58.7 Å². The molecule has 0 saturated heterocycles. The number of aryl methyl sites for hydroxylation is 1. The molecule has 118 valence electrons. The Hall–Kier alpha value is -1.06. The molecule has 3 nitrogen and oxygen atoms in total. The van der Waals surface area contributed by atoms with E-state index in [9.17, 15) is 0 Å². The molecule has 1 aromatic carbocycles. The van der Waals surface area contributed by atoms with E-state index in [2.05, 4.69) is 45.0 Å². The molecule has 1 atom stereocenters. The Morgan fingerprint density at radius 1 is 1.29 bits per heavy atom. The SMILES string of the molecule is COc1ccc(C)cc1C(N)C1(N(C)C)CCC(C)CC1. The molecule has 0 aliphatic heterocycles. The Bertz CT molecular complexity index is 476. The van der Waals surface area contributed by atoms with Crippen LogP contribution < -0.4 is 10.5 Å². The number of nitrogens with zero attached hydrogens (tertiary/aromatic N) is 1. The van der Waals surface area contributed by atoms with Crippen LogP contribution in [0.25, 0.3) is 0 Å². The largest absolute Gasteiger partial charge is 0.496 e. The molecule has 0 aromatic heterocycles. The predicted molar refractivity (Wildman–Crippen MR) is 88.7 cm³/mol. The summed E-state index contributed by atoms with van der Waals surface area (Å²) < 4.78 is 5.56. The summed E-state index contributed by atoms with van der Waals surface area (Å²) in [4.78, 5) is 2.34. The number of hydrogen-bond donors (Lipinski definition) is 1. The van der Waals surface area contributed by atoms with Crippen molar-refractivity contribution in [2.45, 2.75) is 51.1 Å². The number of benzene rings is 1. The van der Waals surface area contributed by atoms with E-state index in [0.29, 0.717) is 0 Å². The minimum atomic E-state index is -0.0187. The number of hydrogen-bond acceptors (Lipinski definition) is 3. The van der Waals surface area contributed by atoms with Crippen LogP contribution in [-0.4, -0.2) is 31.6 Å². The van der Waals surface area contributed by atoms with E-state index in [1.165, 1.54) is 18.4 Å². The van der Waals surface area contributed by atoms with Crippen LogP contribution in [0.3, 0.4) is 0 Å². The standard InChI is InChI=1S/C18H30N2O/c1-13-8-10-18(11-9-13,20(3)4)17(19)15-12-14(2)6-7-16(15)21-5/h6-7,12-13,17H,8-11,19H2,1-5H3. The summed E-state index contributed by atoms with van der Waals surface area (Å²) in [6, 6.07) is 6.29. The molecule has 2 N–H and O–H groups in total. The summed E-state index contributed by atoms with van der Waals surface area (Å²) in [6.45, 7) is 4.46. The van der Waals surface area contributed by atoms with Gasteiger partial charge in [-0.1, -0.05) is 24.6 Å². The summed E-state index contributed by atoms with van der Waals surface area (Å²) in [5.41, 5.74) is 9.19. The van der Waals surface area contributed by atoms with Gasteiger partial charge in [-0.25, -0.2) is 0 Å². The Morgan fingerprint density at radius 3 is 2.43 bits per heavy atom. The lowest BCUT2D eigenvalue weighted by atomic mass is 9.70.